The van der Waals surface area contributed by atoms with Crippen LogP contribution in [-0.2, 0) is 0 Å². The third-order valence-electron chi connectivity index (χ3n) is 3.78. The highest BCUT2D eigenvalue weighted by atomic mass is 16.3. The Morgan fingerprint density at radius 3 is 2.63 bits per heavy atom. The number of hydrogen-bond acceptors (Lipinski definition) is 5. The van der Waals surface area contributed by atoms with E-state index in [1.165, 1.54) is 0 Å². The van der Waals surface area contributed by atoms with Gasteiger partial charge < -0.3 is 20.7 Å². The van der Waals surface area contributed by atoms with Crippen molar-refractivity contribution < 1.29 is 5.11 Å². The summed E-state index contributed by atoms with van der Waals surface area (Å²) in [6.07, 6.45) is 2.85. The molecule has 1 aliphatic rings. The van der Waals surface area contributed by atoms with Gasteiger partial charge in [-0.05, 0) is 18.8 Å². The third-order valence-corrected chi connectivity index (χ3v) is 3.78. The summed E-state index contributed by atoms with van der Waals surface area (Å²) in [4.78, 5) is 21.1. The van der Waals surface area contributed by atoms with Gasteiger partial charge in [0.25, 0.3) is 5.56 Å². The van der Waals surface area contributed by atoms with E-state index in [1.807, 2.05) is 18.7 Å². The number of piperidine rings is 1. The van der Waals surface area contributed by atoms with Crippen LogP contribution >= 0.6 is 0 Å². The first-order valence-corrected chi connectivity index (χ1v) is 6.72. The normalized spacial score (nSPS) is 18.9. The molecule has 0 aliphatic carbocycles. The van der Waals surface area contributed by atoms with Crippen molar-refractivity contribution in [3.63, 3.8) is 0 Å². The first kappa shape index (κ1) is 14.0. The smallest absolute Gasteiger partial charge is 0.291 e. The number of H-pyrrole nitrogens is 1. The summed E-state index contributed by atoms with van der Waals surface area (Å²) in [6, 6.07) is 0. The van der Waals surface area contributed by atoms with Crippen molar-refractivity contribution in [3.8, 4) is 0 Å². The molecule has 0 atom stereocenters. The lowest BCUT2D eigenvalue weighted by atomic mass is 9.92. The van der Waals surface area contributed by atoms with Crippen LogP contribution in [0.1, 0.15) is 38.3 Å². The number of rotatable bonds is 3. The van der Waals surface area contributed by atoms with Gasteiger partial charge in [-0.3, -0.25) is 4.79 Å². The zero-order valence-corrected chi connectivity index (χ0v) is 11.5. The minimum atomic E-state index is -0.791. The molecule has 19 heavy (non-hydrogen) atoms. The van der Waals surface area contributed by atoms with Crippen LogP contribution in [0.15, 0.2) is 11.0 Å². The van der Waals surface area contributed by atoms with E-state index < -0.39 is 5.60 Å². The molecule has 0 spiro atoms. The maximum absolute atomic E-state index is 12.0. The molecule has 6 nitrogen and oxygen atoms in total. The quantitative estimate of drug-likeness (QED) is 0.725. The predicted octanol–water partition coefficient (Wildman–Crippen LogP) is 0.183. The van der Waals surface area contributed by atoms with Crippen molar-refractivity contribution in [2.75, 3.05) is 24.5 Å². The standard InChI is InChI=1S/C13H22N4O2/c1-9(2)10-7-15-11(12(18)16-10)17-5-3-13(19,8-14)4-6-17/h7,9,19H,3-6,8,14H2,1-2H3,(H,16,18). The van der Waals surface area contributed by atoms with Crippen LogP contribution in [0.3, 0.4) is 0 Å². The van der Waals surface area contributed by atoms with Crippen LogP contribution in [-0.4, -0.2) is 40.3 Å². The summed E-state index contributed by atoms with van der Waals surface area (Å²) in [5.74, 6) is 0.682. The molecule has 1 fully saturated rings. The molecular formula is C13H22N4O2. The van der Waals surface area contributed by atoms with E-state index in [0.717, 1.165) is 5.69 Å². The maximum Gasteiger partial charge on any atom is 0.291 e. The Hall–Kier alpha value is -1.40. The molecule has 1 aromatic heterocycles. The first-order valence-electron chi connectivity index (χ1n) is 6.72. The molecule has 0 bridgehead atoms. The molecule has 4 N–H and O–H groups in total. The highest BCUT2D eigenvalue weighted by Crippen LogP contribution is 2.23. The zero-order valence-electron chi connectivity index (χ0n) is 11.5. The molecule has 1 aromatic rings. The van der Waals surface area contributed by atoms with Gasteiger partial charge in [-0.15, -0.1) is 0 Å². The number of aromatic nitrogens is 2. The third kappa shape index (κ3) is 2.96. The fourth-order valence-electron chi connectivity index (χ4n) is 2.27. The number of hydrogen-bond donors (Lipinski definition) is 3. The fourth-order valence-corrected chi connectivity index (χ4v) is 2.27. The fraction of sp³-hybridized carbons (Fsp3) is 0.692. The topological polar surface area (TPSA) is 95.2 Å². The molecule has 2 rings (SSSR count). The van der Waals surface area contributed by atoms with Crippen molar-refractivity contribution in [1.82, 2.24) is 9.97 Å². The maximum atomic E-state index is 12.0. The van der Waals surface area contributed by atoms with Crippen LogP contribution in [0.2, 0.25) is 0 Å². The second-order valence-corrected chi connectivity index (χ2v) is 5.56. The van der Waals surface area contributed by atoms with Gasteiger partial charge in [0.1, 0.15) is 0 Å². The number of nitrogens with two attached hydrogens (primary N) is 1. The minimum Gasteiger partial charge on any atom is -0.388 e. The molecule has 0 radical (unpaired) electrons. The van der Waals surface area contributed by atoms with Gasteiger partial charge in [-0.25, -0.2) is 4.98 Å². The SMILES string of the molecule is CC(C)c1cnc(N2CCC(O)(CN)CC2)c(=O)[nH]1. The zero-order chi connectivity index (χ0) is 14.0. The second-order valence-electron chi connectivity index (χ2n) is 5.56. The molecule has 1 saturated heterocycles. The van der Waals surface area contributed by atoms with Crippen LogP contribution in [0.4, 0.5) is 5.82 Å². The largest absolute Gasteiger partial charge is 0.388 e. The number of aromatic amines is 1. The predicted molar refractivity (Wildman–Crippen MR) is 74.4 cm³/mol. The second kappa shape index (κ2) is 5.30. The summed E-state index contributed by atoms with van der Waals surface area (Å²) in [5, 5.41) is 10.1. The average molecular weight is 266 g/mol. The van der Waals surface area contributed by atoms with Crippen molar-refractivity contribution >= 4 is 5.82 Å². The lowest BCUT2D eigenvalue weighted by Gasteiger charge is -2.37. The Bertz CT molecular complexity index is 490. The Balaban J connectivity index is 2.14. The van der Waals surface area contributed by atoms with Gasteiger partial charge in [-0.1, -0.05) is 13.8 Å². The van der Waals surface area contributed by atoms with E-state index in [2.05, 4.69) is 9.97 Å². The number of nitrogens with one attached hydrogen (secondary N) is 1. The molecule has 106 valence electrons. The summed E-state index contributed by atoms with van der Waals surface area (Å²) in [6.45, 7) is 5.48. The molecule has 0 amide bonds. The van der Waals surface area contributed by atoms with Gasteiger partial charge in [0.05, 0.1) is 5.60 Å². The van der Waals surface area contributed by atoms with Gasteiger partial charge in [0, 0.05) is 31.5 Å². The van der Waals surface area contributed by atoms with Gasteiger partial charge in [0.15, 0.2) is 5.82 Å². The number of aliphatic hydroxyl groups is 1. The van der Waals surface area contributed by atoms with Crippen LogP contribution in [0.25, 0.3) is 0 Å². The Morgan fingerprint density at radius 1 is 1.53 bits per heavy atom. The van der Waals surface area contributed by atoms with E-state index in [0.29, 0.717) is 31.7 Å². The minimum absolute atomic E-state index is 0.163. The van der Waals surface area contributed by atoms with E-state index in [-0.39, 0.29) is 18.0 Å². The molecule has 1 aliphatic heterocycles. The Morgan fingerprint density at radius 2 is 2.16 bits per heavy atom. The van der Waals surface area contributed by atoms with Crippen LogP contribution in [0.5, 0.6) is 0 Å². The Labute approximate surface area is 112 Å². The van der Waals surface area contributed by atoms with Crippen molar-refractivity contribution in [2.45, 2.75) is 38.2 Å². The number of anilines is 1. The van der Waals surface area contributed by atoms with Crippen LogP contribution in [0, 0.1) is 0 Å². The molecule has 0 aromatic carbocycles. The van der Waals surface area contributed by atoms with E-state index in [9.17, 15) is 9.90 Å². The summed E-state index contributed by atoms with van der Waals surface area (Å²) >= 11 is 0. The number of nitrogens with zero attached hydrogens (tertiary/aromatic N) is 2. The summed E-state index contributed by atoms with van der Waals surface area (Å²) in [5.41, 5.74) is 5.44. The molecule has 6 heteroatoms. The van der Waals surface area contributed by atoms with E-state index in [1.54, 1.807) is 6.20 Å². The van der Waals surface area contributed by atoms with Crippen molar-refractivity contribution in [1.29, 1.82) is 0 Å². The van der Waals surface area contributed by atoms with Gasteiger partial charge in [0.2, 0.25) is 0 Å². The van der Waals surface area contributed by atoms with Gasteiger partial charge >= 0.3 is 0 Å². The summed E-state index contributed by atoms with van der Waals surface area (Å²) in [7, 11) is 0. The van der Waals surface area contributed by atoms with E-state index in [4.69, 9.17) is 5.73 Å². The lowest BCUT2D eigenvalue weighted by Crippen LogP contribution is -2.50. The highest BCUT2D eigenvalue weighted by molar-refractivity contribution is 5.37. The average Bonchev–Trinajstić information content (AvgIpc) is 2.40. The van der Waals surface area contributed by atoms with Crippen LogP contribution < -0.4 is 16.2 Å². The summed E-state index contributed by atoms with van der Waals surface area (Å²) < 4.78 is 0. The molecule has 0 unspecified atom stereocenters. The van der Waals surface area contributed by atoms with Gasteiger partial charge in [-0.2, -0.15) is 0 Å². The molecule has 0 saturated carbocycles. The van der Waals surface area contributed by atoms with Crippen molar-refractivity contribution in [2.24, 2.45) is 5.73 Å². The van der Waals surface area contributed by atoms with E-state index >= 15 is 0 Å². The lowest BCUT2D eigenvalue weighted by molar-refractivity contribution is 0.0248. The van der Waals surface area contributed by atoms with Crippen molar-refractivity contribution in [3.05, 3.63) is 22.2 Å². The molecular weight excluding hydrogens is 244 g/mol. The monoisotopic (exact) mass is 266 g/mol. The highest BCUT2D eigenvalue weighted by Gasteiger charge is 2.32. The molecule has 2 heterocycles. The first-order chi connectivity index (χ1) is 8.95. The Kier molecular flexibility index (Phi) is 3.91.